The van der Waals surface area contributed by atoms with E-state index in [1.165, 1.54) is 0 Å². The molecular formula is C16H22BrN3O2. The van der Waals surface area contributed by atoms with Crippen LogP contribution in [0.5, 0.6) is 5.88 Å². The summed E-state index contributed by atoms with van der Waals surface area (Å²) in [4.78, 5) is 22.2. The number of aryl methyl sites for hydroxylation is 1. The standard InChI is InChI=1S/C16H22BrN3O2/c1-4-20(3)10-18-15-9-14(17)16(19-11(15)2)22-13-7-5-12(21)6-8-13/h9-10,13H,4-8H2,1-3H3/b18-10+. The van der Waals surface area contributed by atoms with Crippen LogP contribution in [0.2, 0.25) is 0 Å². The fourth-order valence-electron chi connectivity index (χ4n) is 2.19. The molecule has 22 heavy (non-hydrogen) atoms. The molecule has 0 aromatic carbocycles. The Hall–Kier alpha value is -1.43. The van der Waals surface area contributed by atoms with Gasteiger partial charge in [-0.3, -0.25) is 4.79 Å². The normalized spacial score (nSPS) is 16.3. The number of carbonyl (C=O) groups is 1. The number of pyridine rings is 1. The third kappa shape index (κ3) is 4.53. The molecule has 6 heteroatoms. The molecule has 1 heterocycles. The Balaban J connectivity index is 2.09. The number of aliphatic imine (C=N–C) groups is 1. The number of carbonyl (C=O) groups excluding carboxylic acids is 1. The van der Waals surface area contributed by atoms with Gasteiger partial charge in [-0.15, -0.1) is 0 Å². The predicted molar refractivity (Wildman–Crippen MR) is 91.0 cm³/mol. The summed E-state index contributed by atoms with van der Waals surface area (Å²) in [6.45, 7) is 4.89. The molecule has 0 radical (unpaired) electrons. The van der Waals surface area contributed by atoms with E-state index in [1.54, 1.807) is 6.34 Å². The molecule has 120 valence electrons. The summed E-state index contributed by atoms with van der Waals surface area (Å²) in [5.41, 5.74) is 1.64. The molecule has 0 unspecified atom stereocenters. The fourth-order valence-corrected chi connectivity index (χ4v) is 2.59. The van der Waals surface area contributed by atoms with Crippen LogP contribution in [0.1, 0.15) is 38.3 Å². The molecule has 0 bridgehead atoms. The number of nitrogens with zero attached hydrogens (tertiary/aromatic N) is 3. The van der Waals surface area contributed by atoms with Gasteiger partial charge in [0.2, 0.25) is 5.88 Å². The highest BCUT2D eigenvalue weighted by Gasteiger charge is 2.21. The van der Waals surface area contributed by atoms with Crippen LogP contribution in [0.3, 0.4) is 0 Å². The third-order valence-electron chi connectivity index (χ3n) is 3.77. The van der Waals surface area contributed by atoms with Crippen molar-refractivity contribution in [1.29, 1.82) is 0 Å². The number of Topliss-reactive ketones (excluding diaryl/α,β-unsaturated/α-hetero) is 1. The first kappa shape index (κ1) is 16.9. The minimum absolute atomic E-state index is 0.0708. The van der Waals surface area contributed by atoms with E-state index in [0.717, 1.165) is 35.2 Å². The molecule has 0 N–H and O–H groups in total. The van der Waals surface area contributed by atoms with Crippen molar-refractivity contribution in [3.8, 4) is 5.88 Å². The number of ether oxygens (including phenoxy) is 1. The summed E-state index contributed by atoms with van der Waals surface area (Å²) in [7, 11) is 1.98. The number of hydrogen-bond acceptors (Lipinski definition) is 4. The maximum Gasteiger partial charge on any atom is 0.228 e. The van der Waals surface area contributed by atoms with E-state index >= 15 is 0 Å². The molecule has 5 nitrogen and oxygen atoms in total. The SMILES string of the molecule is CCN(C)/C=N/c1cc(Br)c(OC2CCC(=O)CC2)nc1C. The number of rotatable bonds is 5. The zero-order chi connectivity index (χ0) is 16.1. The van der Waals surface area contributed by atoms with Crippen LogP contribution in [-0.2, 0) is 4.79 Å². The molecule has 0 aliphatic heterocycles. The molecule has 0 spiro atoms. The van der Waals surface area contributed by atoms with Crippen LogP contribution < -0.4 is 4.74 Å². The molecule has 0 saturated heterocycles. The first-order valence-electron chi connectivity index (χ1n) is 7.59. The number of halogens is 1. The lowest BCUT2D eigenvalue weighted by molar-refractivity contribution is -0.121. The largest absolute Gasteiger partial charge is 0.474 e. The van der Waals surface area contributed by atoms with E-state index in [-0.39, 0.29) is 6.10 Å². The average Bonchev–Trinajstić information content (AvgIpc) is 2.51. The Morgan fingerprint density at radius 2 is 2.18 bits per heavy atom. The Bertz CT molecular complexity index is 565. The fraction of sp³-hybridized carbons (Fsp3) is 0.562. The molecule has 1 aromatic heterocycles. The molecular weight excluding hydrogens is 346 g/mol. The van der Waals surface area contributed by atoms with Crippen molar-refractivity contribution in [2.45, 2.75) is 45.6 Å². The van der Waals surface area contributed by atoms with Crippen molar-refractivity contribution < 1.29 is 9.53 Å². The first-order valence-corrected chi connectivity index (χ1v) is 8.38. The lowest BCUT2D eigenvalue weighted by Crippen LogP contribution is -2.24. The molecule has 1 fully saturated rings. The third-order valence-corrected chi connectivity index (χ3v) is 4.34. The van der Waals surface area contributed by atoms with Gasteiger partial charge in [-0.1, -0.05) is 0 Å². The topological polar surface area (TPSA) is 54.8 Å². The van der Waals surface area contributed by atoms with Gasteiger partial charge >= 0.3 is 0 Å². The molecule has 1 aliphatic carbocycles. The van der Waals surface area contributed by atoms with Crippen molar-refractivity contribution in [3.05, 3.63) is 16.2 Å². The number of ketones is 1. The van der Waals surface area contributed by atoms with Gasteiger partial charge in [0.1, 0.15) is 11.9 Å². The second-order valence-corrected chi connectivity index (χ2v) is 6.41. The van der Waals surface area contributed by atoms with E-state index in [2.05, 4.69) is 32.8 Å². The van der Waals surface area contributed by atoms with Gasteiger partial charge in [0, 0.05) is 26.4 Å². The highest BCUT2D eigenvalue weighted by molar-refractivity contribution is 9.10. The molecule has 2 rings (SSSR count). The Labute approximate surface area is 139 Å². The highest BCUT2D eigenvalue weighted by atomic mass is 79.9. The molecule has 1 aromatic rings. The smallest absolute Gasteiger partial charge is 0.228 e. The van der Waals surface area contributed by atoms with Crippen molar-refractivity contribution in [3.63, 3.8) is 0 Å². The van der Waals surface area contributed by atoms with Crippen LogP contribution >= 0.6 is 15.9 Å². The van der Waals surface area contributed by atoms with Crippen molar-refractivity contribution in [1.82, 2.24) is 9.88 Å². The van der Waals surface area contributed by atoms with Crippen molar-refractivity contribution in [2.75, 3.05) is 13.6 Å². The van der Waals surface area contributed by atoms with Gasteiger partial charge in [0.05, 0.1) is 22.2 Å². The van der Waals surface area contributed by atoms with Gasteiger partial charge in [0.15, 0.2) is 0 Å². The van der Waals surface area contributed by atoms with Gasteiger partial charge in [-0.25, -0.2) is 9.98 Å². The van der Waals surface area contributed by atoms with Crippen molar-refractivity contribution >= 4 is 33.7 Å². The minimum atomic E-state index is 0.0708. The first-order chi connectivity index (χ1) is 10.5. The molecule has 1 aliphatic rings. The summed E-state index contributed by atoms with van der Waals surface area (Å²) in [5.74, 6) is 0.910. The second kappa shape index (κ2) is 7.72. The van der Waals surface area contributed by atoms with Gasteiger partial charge in [-0.05, 0) is 48.7 Å². The average molecular weight is 368 g/mol. The monoisotopic (exact) mass is 367 g/mol. The van der Waals surface area contributed by atoms with Crippen LogP contribution in [0.25, 0.3) is 0 Å². The van der Waals surface area contributed by atoms with Crippen molar-refractivity contribution in [2.24, 2.45) is 4.99 Å². The summed E-state index contributed by atoms with van der Waals surface area (Å²) >= 11 is 3.50. The Kier molecular flexibility index (Phi) is 5.94. The summed E-state index contributed by atoms with van der Waals surface area (Å²) < 4.78 is 6.74. The Morgan fingerprint density at radius 3 is 2.82 bits per heavy atom. The summed E-state index contributed by atoms with van der Waals surface area (Å²) in [5, 5.41) is 0. The molecule has 1 saturated carbocycles. The molecule has 0 amide bonds. The minimum Gasteiger partial charge on any atom is -0.474 e. The van der Waals surface area contributed by atoms with Gasteiger partial charge in [0.25, 0.3) is 0 Å². The predicted octanol–water partition coefficient (Wildman–Crippen LogP) is 3.65. The lowest BCUT2D eigenvalue weighted by atomic mass is 9.96. The van der Waals surface area contributed by atoms with Gasteiger partial charge < -0.3 is 9.64 Å². The highest BCUT2D eigenvalue weighted by Crippen LogP contribution is 2.31. The number of hydrogen-bond donors (Lipinski definition) is 0. The maximum atomic E-state index is 11.3. The van der Waals surface area contributed by atoms with Crippen LogP contribution in [-0.4, -0.2) is 41.7 Å². The van der Waals surface area contributed by atoms with E-state index in [0.29, 0.717) is 24.5 Å². The maximum absolute atomic E-state index is 11.3. The van der Waals surface area contributed by atoms with Crippen LogP contribution in [0.4, 0.5) is 5.69 Å². The van der Waals surface area contributed by atoms with Gasteiger partial charge in [-0.2, -0.15) is 0 Å². The van der Waals surface area contributed by atoms with Crippen LogP contribution in [0, 0.1) is 6.92 Å². The molecule has 0 atom stereocenters. The number of aromatic nitrogens is 1. The van der Waals surface area contributed by atoms with E-state index in [4.69, 9.17) is 4.74 Å². The lowest BCUT2D eigenvalue weighted by Gasteiger charge is -2.22. The van der Waals surface area contributed by atoms with E-state index in [9.17, 15) is 4.79 Å². The Morgan fingerprint density at radius 1 is 1.50 bits per heavy atom. The van der Waals surface area contributed by atoms with Crippen LogP contribution in [0.15, 0.2) is 15.5 Å². The van der Waals surface area contributed by atoms with E-state index < -0.39 is 0 Å². The summed E-state index contributed by atoms with van der Waals surface area (Å²) in [6.07, 6.45) is 4.62. The van der Waals surface area contributed by atoms with E-state index in [1.807, 2.05) is 24.9 Å². The quantitative estimate of drug-likeness (QED) is 0.588. The second-order valence-electron chi connectivity index (χ2n) is 5.55. The zero-order valence-corrected chi connectivity index (χ0v) is 14.9. The summed E-state index contributed by atoms with van der Waals surface area (Å²) in [6, 6.07) is 1.92. The zero-order valence-electron chi connectivity index (χ0n) is 13.3.